The van der Waals surface area contributed by atoms with Crippen molar-refractivity contribution in [2.24, 2.45) is 0 Å². The topological polar surface area (TPSA) is 32.3 Å². The monoisotopic (exact) mass is 202 g/mol. The van der Waals surface area contributed by atoms with Crippen LogP contribution < -0.4 is 5.32 Å². The Bertz CT molecular complexity index is 167. The molecule has 0 saturated carbocycles. The number of rotatable bonds is 2. The first-order valence-electron chi connectivity index (χ1n) is 4.83. The molecule has 0 aromatic heterocycles. The lowest BCUT2D eigenvalue weighted by Gasteiger charge is -2.31. The van der Waals surface area contributed by atoms with Crippen LogP contribution >= 0.6 is 11.8 Å². The average Bonchev–Trinajstić information content (AvgIpc) is 2.18. The maximum Gasteiger partial charge on any atom is 0.317 e. The highest BCUT2D eigenvalue weighted by molar-refractivity contribution is 7.99. The number of hydrogen-bond acceptors (Lipinski definition) is 2. The van der Waals surface area contributed by atoms with Gasteiger partial charge >= 0.3 is 6.03 Å². The van der Waals surface area contributed by atoms with Crippen LogP contribution in [0.5, 0.6) is 0 Å². The molecule has 1 N–H and O–H groups in total. The number of nitrogens with zero attached hydrogens (tertiary/aromatic N) is 1. The van der Waals surface area contributed by atoms with Crippen LogP contribution in [0.2, 0.25) is 0 Å². The van der Waals surface area contributed by atoms with Crippen LogP contribution in [0.4, 0.5) is 4.79 Å². The highest BCUT2D eigenvalue weighted by Gasteiger charge is 2.21. The Kier molecular flexibility index (Phi) is 4.42. The SMILES string of the molecule is CCNC(=O)N1CCC(SC)CC1. The van der Waals surface area contributed by atoms with Gasteiger partial charge in [0.25, 0.3) is 0 Å². The number of urea groups is 1. The lowest BCUT2D eigenvalue weighted by atomic mass is 10.1. The van der Waals surface area contributed by atoms with Crippen LogP contribution in [0.25, 0.3) is 0 Å². The van der Waals surface area contributed by atoms with E-state index in [1.54, 1.807) is 0 Å². The van der Waals surface area contributed by atoms with Crippen molar-refractivity contribution in [2.75, 3.05) is 25.9 Å². The zero-order chi connectivity index (χ0) is 9.68. The minimum atomic E-state index is 0.0991. The predicted molar refractivity (Wildman–Crippen MR) is 57.2 cm³/mol. The molecule has 0 aliphatic carbocycles. The summed E-state index contributed by atoms with van der Waals surface area (Å²) in [4.78, 5) is 13.3. The molecule has 1 saturated heterocycles. The number of nitrogens with one attached hydrogen (secondary N) is 1. The third-order valence-electron chi connectivity index (χ3n) is 2.39. The summed E-state index contributed by atoms with van der Waals surface area (Å²) in [5.74, 6) is 0. The second kappa shape index (κ2) is 5.37. The zero-order valence-electron chi connectivity index (χ0n) is 8.38. The number of likely N-dealkylation sites (tertiary alicyclic amines) is 1. The van der Waals surface area contributed by atoms with Gasteiger partial charge in [0.15, 0.2) is 0 Å². The Morgan fingerprint density at radius 1 is 1.54 bits per heavy atom. The fraction of sp³-hybridized carbons (Fsp3) is 0.889. The number of hydrogen-bond donors (Lipinski definition) is 1. The summed E-state index contributed by atoms with van der Waals surface area (Å²) >= 11 is 1.91. The van der Waals surface area contributed by atoms with E-state index in [1.807, 2.05) is 23.6 Å². The van der Waals surface area contributed by atoms with Crippen molar-refractivity contribution in [3.8, 4) is 0 Å². The van der Waals surface area contributed by atoms with Gasteiger partial charge in [0.1, 0.15) is 0 Å². The first kappa shape index (κ1) is 10.7. The molecule has 13 heavy (non-hydrogen) atoms. The largest absolute Gasteiger partial charge is 0.338 e. The first-order chi connectivity index (χ1) is 6.27. The van der Waals surface area contributed by atoms with E-state index < -0.39 is 0 Å². The molecule has 1 fully saturated rings. The molecule has 0 spiro atoms. The maximum absolute atomic E-state index is 11.4. The van der Waals surface area contributed by atoms with Gasteiger partial charge in [-0.25, -0.2) is 4.79 Å². The number of thioether (sulfide) groups is 1. The molecule has 0 unspecified atom stereocenters. The number of piperidine rings is 1. The third-order valence-corrected chi connectivity index (χ3v) is 3.53. The van der Waals surface area contributed by atoms with Crippen LogP contribution in [-0.2, 0) is 0 Å². The van der Waals surface area contributed by atoms with Gasteiger partial charge in [-0.1, -0.05) is 0 Å². The van der Waals surface area contributed by atoms with Crippen LogP contribution in [0.15, 0.2) is 0 Å². The molecule has 3 nitrogen and oxygen atoms in total. The van der Waals surface area contributed by atoms with Crippen molar-refractivity contribution < 1.29 is 4.79 Å². The summed E-state index contributed by atoms with van der Waals surface area (Å²) in [6.45, 7) is 4.50. The molecule has 1 aliphatic rings. The van der Waals surface area contributed by atoms with Gasteiger partial charge in [0.2, 0.25) is 0 Å². The number of amides is 2. The second-order valence-electron chi connectivity index (χ2n) is 3.26. The molecule has 1 heterocycles. The van der Waals surface area contributed by atoms with Crippen molar-refractivity contribution in [2.45, 2.75) is 25.0 Å². The molecule has 4 heteroatoms. The summed E-state index contributed by atoms with van der Waals surface area (Å²) in [5, 5.41) is 3.58. The van der Waals surface area contributed by atoms with E-state index in [1.165, 1.54) is 0 Å². The van der Waals surface area contributed by atoms with Crippen LogP contribution in [0.1, 0.15) is 19.8 Å². The van der Waals surface area contributed by atoms with Crippen LogP contribution in [-0.4, -0.2) is 42.1 Å². The first-order valence-corrected chi connectivity index (χ1v) is 6.12. The molecular weight excluding hydrogens is 184 g/mol. The predicted octanol–water partition coefficient (Wildman–Crippen LogP) is 1.54. The molecule has 1 rings (SSSR count). The maximum atomic E-state index is 11.4. The Morgan fingerprint density at radius 3 is 2.62 bits per heavy atom. The minimum absolute atomic E-state index is 0.0991. The van der Waals surface area contributed by atoms with Gasteiger partial charge in [-0.3, -0.25) is 0 Å². The van der Waals surface area contributed by atoms with E-state index in [-0.39, 0.29) is 6.03 Å². The van der Waals surface area contributed by atoms with Crippen molar-refractivity contribution >= 4 is 17.8 Å². The quantitative estimate of drug-likeness (QED) is 0.736. The summed E-state index contributed by atoms with van der Waals surface area (Å²) in [7, 11) is 0. The van der Waals surface area contributed by atoms with Crippen LogP contribution in [0, 0.1) is 0 Å². The van der Waals surface area contributed by atoms with Gasteiger partial charge in [-0.15, -0.1) is 0 Å². The smallest absolute Gasteiger partial charge is 0.317 e. The lowest BCUT2D eigenvalue weighted by Crippen LogP contribution is -2.44. The Morgan fingerprint density at radius 2 is 2.15 bits per heavy atom. The van der Waals surface area contributed by atoms with Crippen LogP contribution in [0.3, 0.4) is 0 Å². The molecule has 0 aromatic carbocycles. The highest BCUT2D eigenvalue weighted by atomic mass is 32.2. The van der Waals surface area contributed by atoms with E-state index in [0.717, 1.165) is 37.7 Å². The van der Waals surface area contributed by atoms with E-state index in [0.29, 0.717) is 0 Å². The summed E-state index contributed by atoms with van der Waals surface area (Å²) in [6.07, 6.45) is 4.42. The molecule has 0 atom stereocenters. The Labute approximate surface area is 84.2 Å². The zero-order valence-corrected chi connectivity index (χ0v) is 9.19. The fourth-order valence-corrected chi connectivity index (χ4v) is 2.24. The Hall–Kier alpha value is -0.380. The average molecular weight is 202 g/mol. The molecule has 1 aliphatic heterocycles. The minimum Gasteiger partial charge on any atom is -0.338 e. The molecule has 0 aromatic rings. The van der Waals surface area contributed by atoms with Crippen molar-refractivity contribution in [1.29, 1.82) is 0 Å². The molecule has 0 bridgehead atoms. The summed E-state index contributed by atoms with van der Waals surface area (Å²) < 4.78 is 0. The fourth-order valence-electron chi connectivity index (χ4n) is 1.56. The third kappa shape index (κ3) is 3.10. The van der Waals surface area contributed by atoms with Gasteiger partial charge in [-0.05, 0) is 26.0 Å². The van der Waals surface area contributed by atoms with E-state index in [9.17, 15) is 4.79 Å². The van der Waals surface area contributed by atoms with Gasteiger partial charge in [0, 0.05) is 24.9 Å². The highest BCUT2D eigenvalue weighted by Crippen LogP contribution is 2.20. The van der Waals surface area contributed by atoms with Gasteiger partial charge < -0.3 is 10.2 Å². The number of carbonyl (C=O) groups excluding carboxylic acids is 1. The van der Waals surface area contributed by atoms with Crippen molar-refractivity contribution in [1.82, 2.24) is 10.2 Å². The molecule has 76 valence electrons. The molecule has 2 amide bonds. The second-order valence-corrected chi connectivity index (χ2v) is 4.40. The number of carbonyl (C=O) groups is 1. The van der Waals surface area contributed by atoms with Gasteiger partial charge in [0.05, 0.1) is 0 Å². The van der Waals surface area contributed by atoms with Gasteiger partial charge in [-0.2, -0.15) is 11.8 Å². The molecular formula is C9H18N2OS. The van der Waals surface area contributed by atoms with E-state index >= 15 is 0 Å². The standard InChI is InChI=1S/C9H18N2OS/c1-3-10-9(12)11-6-4-8(13-2)5-7-11/h8H,3-7H2,1-2H3,(H,10,12). The van der Waals surface area contributed by atoms with Crippen molar-refractivity contribution in [3.63, 3.8) is 0 Å². The van der Waals surface area contributed by atoms with Crippen molar-refractivity contribution in [3.05, 3.63) is 0 Å². The lowest BCUT2D eigenvalue weighted by molar-refractivity contribution is 0.188. The summed E-state index contributed by atoms with van der Waals surface area (Å²) in [5.41, 5.74) is 0. The van der Waals surface area contributed by atoms with E-state index in [2.05, 4.69) is 11.6 Å². The normalized spacial score (nSPS) is 18.8. The Balaban J connectivity index is 2.28. The van der Waals surface area contributed by atoms with E-state index in [4.69, 9.17) is 0 Å². The summed E-state index contributed by atoms with van der Waals surface area (Å²) in [6, 6.07) is 0.0991. The molecule has 0 radical (unpaired) electrons.